The van der Waals surface area contributed by atoms with Crippen LogP contribution in [0.4, 0.5) is 5.69 Å². The number of hydrogen-bond acceptors (Lipinski definition) is 5. The highest BCUT2D eigenvalue weighted by Crippen LogP contribution is 2.12. The molecule has 0 aliphatic carbocycles. The number of aliphatic hydroxyl groups is 1. The largest absolute Gasteiger partial charge is 0.390 e. The third kappa shape index (κ3) is 5.64. The number of nitro groups is 1. The Hall–Kier alpha value is -1.50. The summed E-state index contributed by atoms with van der Waals surface area (Å²) < 4.78 is 0. The molecule has 1 rings (SSSR count). The minimum Gasteiger partial charge on any atom is -0.390 e. The zero-order chi connectivity index (χ0) is 15.0. The molecule has 0 heterocycles. The van der Waals surface area contributed by atoms with Gasteiger partial charge in [0.2, 0.25) is 0 Å². The number of nitrogens with zero attached hydrogens (tertiary/aromatic N) is 2. The number of non-ortho nitro benzene ring substituents is 1. The van der Waals surface area contributed by atoms with Crippen molar-refractivity contribution in [1.82, 2.24) is 10.2 Å². The van der Waals surface area contributed by atoms with Crippen molar-refractivity contribution in [3.63, 3.8) is 0 Å². The van der Waals surface area contributed by atoms with Crippen molar-refractivity contribution in [3.05, 3.63) is 39.9 Å². The third-order valence-corrected chi connectivity index (χ3v) is 3.19. The fourth-order valence-corrected chi connectivity index (χ4v) is 2.01. The van der Waals surface area contributed by atoms with Crippen LogP contribution in [-0.2, 0) is 6.54 Å². The predicted molar refractivity (Wildman–Crippen MR) is 78.6 cm³/mol. The minimum atomic E-state index is -0.436. The number of hydrogen-bond donors (Lipinski definition) is 2. The molecule has 0 bridgehead atoms. The van der Waals surface area contributed by atoms with Crippen LogP contribution in [0.2, 0.25) is 0 Å². The lowest BCUT2D eigenvalue weighted by atomic mass is 10.2. The molecule has 0 aliphatic rings. The number of nitrogens with one attached hydrogen (secondary N) is 1. The summed E-state index contributed by atoms with van der Waals surface area (Å²) in [6.45, 7) is 7.57. The number of benzene rings is 1. The van der Waals surface area contributed by atoms with E-state index in [1.807, 2.05) is 6.07 Å². The molecule has 0 amide bonds. The van der Waals surface area contributed by atoms with Gasteiger partial charge in [0.15, 0.2) is 0 Å². The molecule has 0 aliphatic heterocycles. The maximum Gasteiger partial charge on any atom is 0.269 e. The number of aliphatic hydroxyl groups excluding tert-OH is 1. The van der Waals surface area contributed by atoms with Crippen molar-refractivity contribution in [3.8, 4) is 0 Å². The highest BCUT2D eigenvalue weighted by atomic mass is 16.6. The van der Waals surface area contributed by atoms with Gasteiger partial charge in [0.1, 0.15) is 0 Å². The Morgan fingerprint density at radius 1 is 1.40 bits per heavy atom. The second-order valence-corrected chi connectivity index (χ2v) is 4.70. The van der Waals surface area contributed by atoms with Gasteiger partial charge < -0.3 is 15.3 Å². The summed E-state index contributed by atoms with van der Waals surface area (Å²) in [6.07, 6.45) is -0.436. The van der Waals surface area contributed by atoms with E-state index in [9.17, 15) is 15.2 Å². The lowest BCUT2D eigenvalue weighted by molar-refractivity contribution is -0.384. The van der Waals surface area contributed by atoms with Gasteiger partial charge in [-0.15, -0.1) is 0 Å². The quantitative estimate of drug-likeness (QED) is 0.528. The molecule has 6 heteroatoms. The number of rotatable bonds is 9. The molecular formula is C14H23N3O3. The molecular weight excluding hydrogens is 258 g/mol. The maximum atomic E-state index is 10.7. The van der Waals surface area contributed by atoms with E-state index < -0.39 is 11.0 Å². The molecule has 0 saturated heterocycles. The normalized spacial score (nSPS) is 12.6. The topological polar surface area (TPSA) is 78.6 Å². The highest BCUT2D eigenvalue weighted by Gasteiger charge is 2.09. The summed E-state index contributed by atoms with van der Waals surface area (Å²) in [5.41, 5.74) is 0.933. The fraction of sp³-hybridized carbons (Fsp3) is 0.571. The van der Waals surface area contributed by atoms with Crippen molar-refractivity contribution >= 4 is 5.69 Å². The van der Waals surface area contributed by atoms with E-state index in [0.29, 0.717) is 19.6 Å². The second-order valence-electron chi connectivity index (χ2n) is 4.70. The van der Waals surface area contributed by atoms with Crippen LogP contribution in [-0.4, -0.2) is 47.2 Å². The molecule has 112 valence electrons. The first kappa shape index (κ1) is 16.6. The Morgan fingerprint density at radius 3 is 2.70 bits per heavy atom. The molecule has 2 N–H and O–H groups in total. The molecule has 1 aromatic carbocycles. The Bertz CT molecular complexity index is 422. The molecule has 1 unspecified atom stereocenters. The molecule has 0 radical (unpaired) electrons. The summed E-state index contributed by atoms with van der Waals surface area (Å²) in [4.78, 5) is 12.4. The van der Waals surface area contributed by atoms with Gasteiger partial charge in [-0.25, -0.2) is 0 Å². The van der Waals surface area contributed by atoms with E-state index in [1.54, 1.807) is 12.1 Å². The van der Waals surface area contributed by atoms with Crippen molar-refractivity contribution in [1.29, 1.82) is 0 Å². The van der Waals surface area contributed by atoms with Gasteiger partial charge in [-0.3, -0.25) is 10.1 Å². The molecule has 0 aromatic heterocycles. The molecule has 0 spiro atoms. The SMILES string of the molecule is CCN(CC)CC(O)CNCc1cccc([N+](=O)[O-])c1. The van der Waals surface area contributed by atoms with Gasteiger partial charge in [0.05, 0.1) is 11.0 Å². The number of likely N-dealkylation sites (N-methyl/N-ethyl adjacent to an activating group) is 1. The number of nitro benzene ring substituents is 1. The Balaban J connectivity index is 2.36. The van der Waals surface area contributed by atoms with Crippen LogP contribution in [0.25, 0.3) is 0 Å². The molecule has 1 atom stereocenters. The molecule has 6 nitrogen and oxygen atoms in total. The average molecular weight is 281 g/mol. The van der Waals surface area contributed by atoms with Gasteiger partial charge in [-0.2, -0.15) is 0 Å². The monoisotopic (exact) mass is 281 g/mol. The molecule has 1 aromatic rings. The second kappa shape index (κ2) is 8.63. The molecule has 0 saturated carbocycles. The van der Waals surface area contributed by atoms with Crippen LogP contribution in [0.1, 0.15) is 19.4 Å². The Morgan fingerprint density at radius 2 is 2.10 bits per heavy atom. The standard InChI is InChI=1S/C14H23N3O3/c1-3-16(4-2)11-14(18)10-15-9-12-6-5-7-13(8-12)17(19)20/h5-8,14-15,18H,3-4,9-11H2,1-2H3. The van der Waals surface area contributed by atoms with E-state index in [1.165, 1.54) is 6.07 Å². The molecule has 0 fully saturated rings. The van der Waals surface area contributed by atoms with Crippen LogP contribution in [0.3, 0.4) is 0 Å². The van der Waals surface area contributed by atoms with Crippen molar-refractivity contribution in [2.75, 3.05) is 26.2 Å². The average Bonchev–Trinajstić information content (AvgIpc) is 2.45. The first-order chi connectivity index (χ1) is 9.56. The fourth-order valence-electron chi connectivity index (χ4n) is 2.01. The van der Waals surface area contributed by atoms with Crippen LogP contribution in [0, 0.1) is 10.1 Å². The minimum absolute atomic E-state index is 0.0907. The zero-order valence-corrected chi connectivity index (χ0v) is 12.1. The first-order valence-electron chi connectivity index (χ1n) is 6.91. The van der Waals surface area contributed by atoms with Crippen LogP contribution >= 0.6 is 0 Å². The van der Waals surface area contributed by atoms with Gasteiger partial charge in [0, 0.05) is 31.8 Å². The summed E-state index contributed by atoms with van der Waals surface area (Å²) >= 11 is 0. The first-order valence-corrected chi connectivity index (χ1v) is 6.91. The van der Waals surface area contributed by atoms with E-state index >= 15 is 0 Å². The predicted octanol–water partition coefficient (Wildman–Crippen LogP) is 1.39. The zero-order valence-electron chi connectivity index (χ0n) is 12.1. The Labute approximate surface area is 119 Å². The van der Waals surface area contributed by atoms with Crippen molar-refractivity contribution < 1.29 is 10.0 Å². The molecule has 20 heavy (non-hydrogen) atoms. The van der Waals surface area contributed by atoms with Gasteiger partial charge in [-0.05, 0) is 18.7 Å². The van der Waals surface area contributed by atoms with Crippen LogP contribution in [0.15, 0.2) is 24.3 Å². The smallest absolute Gasteiger partial charge is 0.269 e. The highest BCUT2D eigenvalue weighted by molar-refractivity contribution is 5.34. The lowest BCUT2D eigenvalue weighted by Gasteiger charge is -2.22. The van der Waals surface area contributed by atoms with Crippen molar-refractivity contribution in [2.45, 2.75) is 26.5 Å². The lowest BCUT2D eigenvalue weighted by Crippen LogP contribution is -2.38. The van der Waals surface area contributed by atoms with Crippen molar-refractivity contribution in [2.24, 2.45) is 0 Å². The summed E-state index contributed by atoms with van der Waals surface area (Å²) in [5, 5.41) is 23.7. The summed E-state index contributed by atoms with van der Waals surface area (Å²) in [6, 6.07) is 6.51. The third-order valence-electron chi connectivity index (χ3n) is 3.19. The van der Waals surface area contributed by atoms with E-state index in [-0.39, 0.29) is 5.69 Å². The van der Waals surface area contributed by atoms with Gasteiger partial charge in [-0.1, -0.05) is 26.0 Å². The van der Waals surface area contributed by atoms with Gasteiger partial charge in [0.25, 0.3) is 5.69 Å². The van der Waals surface area contributed by atoms with Gasteiger partial charge >= 0.3 is 0 Å². The summed E-state index contributed by atoms with van der Waals surface area (Å²) in [7, 11) is 0. The Kier molecular flexibility index (Phi) is 7.14. The maximum absolute atomic E-state index is 10.7. The van der Waals surface area contributed by atoms with E-state index in [0.717, 1.165) is 18.7 Å². The van der Waals surface area contributed by atoms with E-state index in [2.05, 4.69) is 24.1 Å². The van der Waals surface area contributed by atoms with Crippen LogP contribution < -0.4 is 5.32 Å². The van der Waals surface area contributed by atoms with E-state index in [4.69, 9.17) is 0 Å². The van der Waals surface area contributed by atoms with Crippen LogP contribution in [0.5, 0.6) is 0 Å². The summed E-state index contributed by atoms with van der Waals surface area (Å²) in [5.74, 6) is 0.